The van der Waals surface area contributed by atoms with E-state index in [1.54, 1.807) is 0 Å². The van der Waals surface area contributed by atoms with Crippen LogP contribution in [0.5, 0.6) is 0 Å². The number of rotatable bonds is 6. The normalized spacial score (nSPS) is 9.71. The fourth-order valence-corrected chi connectivity index (χ4v) is 1.29. The summed E-state index contributed by atoms with van der Waals surface area (Å²) in [5.41, 5.74) is 1.14. The predicted molar refractivity (Wildman–Crippen MR) is 65.7 cm³/mol. The van der Waals surface area contributed by atoms with Gasteiger partial charge in [0.2, 0.25) is 5.24 Å². The maximum Gasteiger partial charge on any atom is 0.310 e. The van der Waals surface area contributed by atoms with E-state index < -0.39 is 11.2 Å². The van der Waals surface area contributed by atoms with E-state index in [0.29, 0.717) is 6.42 Å². The van der Waals surface area contributed by atoms with Crippen LogP contribution in [0, 0.1) is 0 Å². The molecule has 0 aliphatic carbocycles. The first kappa shape index (κ1) is 13.5. The highest BCUT2D eigenvalue weighted by molar-refractivity contribution is 6.67. The standard InChI is InChI=1S/C13H13ClO3/c1-10(13(14)16)9-12(15)17-8-7-11-5-3-2-4-6-11/h2-6H,1,7-9H2. The van der Waals surface area contributed by atoms with Crippen molar-refractivity contribution in [3.63, 3.8) is 0 Å². The van der Waals surface area contributed by atoms with Crippen molar-refractivity contribution in [2.75, 3.05) is 6.61 Å². The van der Waals surface area contributed by atoms with Crippen LogP contribution in [0.3, 0.4) is 0 Å². The highest BCUT2D eigenvalue weighted by Gasteiger charge is 2.10. The second-order valence-corrected chi connectivity index (χ2v) is 3.85. The molecule has 0 saturated heterocycles. The Kier molecular flexibility index (Phi) is 5.43. The third-order valence-corrected chi connectivity index (χ3v) is 2.40. The van der Waals surface area contributed by atoms with Gasteiger partial charge in [0.05, 0.1) is 13.0 Å². The Morgan fingerprint density at radius 3 is 2.47 bits per heavy atom. The Bertz CT molecular complexity index is 412. The number of halogens is 1. The molecule has 17 heavy (non-hydrogen) atoms. The smallest absolute Gasteiger partial charge is 0.310 e. The summed E-state index contributed by atoms with van der Waals surface area (Å²) in [4.78, 5) is 21.9. The van der Waals surface area contributed by atoms with Crippen LogP contribution in [0.15, 0.2) is 42.5 Å². The molecule has 0 aromatic heterocycles. The van der Waals surface area contributed by atoms with E-state index in [2.05, 4.69) is 6.58 Å². The molecular formula is C13H13ClO3. The predicted octanol–water partition coefficient (Wildman–Crippen LogP) is 2.48. The molecule has 1 aromatic rings. The lowest BCUT2D eigenvalue weighted by atomic mass is 10.2. The van der Waals surface area contributed by atoms with Crippen LogP contribution in [-0.4, -0.2) is 17.8 Å². The van der Waals surface area contributed by atoms with Crippen LogP contribution in [0.4, 0.5) is 0 Å². The first-order chi connectivity index (χ1) is 8.09. The summed E-state index contributed by atoms with van der Waals surface area (Å²) in [6.07, 6.45) is 0.491. The maximum absolute atomic E-state index is 11.3. The molecule has 4 heteroatoms. The third-order valence-electron chi connectivity index (χ3n) is 2.13. The van der Waals surface area contributed by atoms with Gasteiger partial charge in [-0.15, -0.1) is 0 Å². The number of hydrogen-bond donors (Lipinski definition) is 0. The molecular weight excluding hydrogens is 240 g/mol. The van der Waals surface area contributed by atoms with Crippen molar-refractivity contribution in [3.05, 3.63) is 48.0 Å². The van der Waals surface area contributed by atoms with Gasteiger partial charge in [0.1, 0.15) is 0 Å². The molecule has 0 spiro atoms. The van der Waals surface area contributed by atoms with E-state index in [9.17, 15) is 9.59 Å². The van der Waals surface area contributed by atoms with Crippen molar-refractivity contribution in [3.8, 4) is 0 Å². The number of benzene rings is 1. The molecule has 0 radical (unpaired) electrons. The Morgan fingerprint density at radius 1 is 1.24 bits per heavy atom. The molecule has 0 amide bonds. The first-order valence-electron chi connectivity index (χ1n) is 5.16. The summed E-state index contributed by atoms with van der Waals surface area (Å²) in [5.74, 6) is -0.486. The molecule has 0 unspecified atom stereocenters. The van der Waals surface area contributed by atoms with E-state index in [-0.39, 0.29) is 18.6 Å². The minimum atomic E-state index is -0.704. The van der Waals surface area contributed by atoms with Gasteiger partial charge in [0.25, 0.3) is 0 Å². The lowest BCUT2D eigenvalue weighted by molar-refractivity contribution is -0.143. The summed E-state index contributed by atoms with van der Waals surface area (Å²) in [7, 11) is 0. The van der Waals surface area contributed by atoms with Gasteiger partial charge in [-0.1, -0.05) is 36.9 Å². The topological polar surface area (TPSA) is 43.4 Å². The summed E-state index contributed by atoms with van der Waals surface area (Å²) in [6.45, 7) is 3.66. The Morgan fingerprint density at radius 2 is 1.88 bits per heavy atom. The van der Waals surface area contributed by atoms with E-state index in [1.807, 2.05) is 30.3 Å². The van der Waals surface area contributed by atoms with E-state index in [0.717, 1.165) is 5.56 Å². The van der Waals surface area contributed by atoms with Crippen molar-refractivity contribution in [2.45, 2.75) is 12.8 Å². The molecule has 0 heterocycles. The van der Waals surface area contributed by atoms with Gasteiger partial charge in [-0.3, -0.25) is 9.59 Å². The number of carbonyl (C=O) groups excluding carboxylic acids is 2. The molecule has 1 aromatic carbocycles. The zero-order valence-electron chi connectivity index (χ0n) is 9.32. The minimum Gasteiger partial charge on any atom is -0.465 e. The average Bonchev–Trinajstić information content (AvgIpc) is 2.30. The second kappa shape index (κ2) is 6.86. The maximum atomic E-state index is 11.3. The number of esters is 1. The van der Waals surface area contributed by atoms with Gasteiger partial charge in [0, 0.05) is 12.0 Å². The van der Waals surface area contributed by atoms with Crippen molar-refractivity contribution >= 4 is 22.8 Å². The highest BCUT2D eigenvalue weighted by atomic mass is 35.5. The zero-order chi connectivity index (χ0) is 12.7. The fourth-order valence-electron chi connectivity index (χ4n) is 1.22. The van der Waals surface area contributed by atoms with Crippen LogP contribution >= 0.6 is 11.6 Å². The Balaban J connectivity index is 2.25. The zero-order valence-corrected chi connectivity index (χ0v) is 10.1. The SMILES string of the molecule is C=C(CC(=O)OCCc1ccccc1)C(=O)Cl. The lowest BCUT2D eigenvalue weighted by Gasteiger charge is -2.04. The molecule has 0 bridgehead atoms. The molecule has 1 rings (SSSR count). The van der Waals surface area contributed by atoms with Gasteiger partial charge in [-0.2, -0.15) is 0 Å². The van der Waals surface area contributed by atoms with Crippen molar-refractivity contribution < 1.29 is 14.3 Å². The van der Waals surface area contributed by atoms with Gasteiger partial charge >= 0.3 is 5.97 Å². The van der Waals surface area contributed by atoms with Crippen LogP contribution in [0.1, 0.15) is 12.0 Å². The Labute approximate surface area is 105 Å². The quantitative estimate of drug-likeness (QED) is 0.444. The van der Waals surface area contributed by atoms with Crippen molar-refractivity contribution in [2.24, 2.45) is 0 Å². The fraction of sp³-hybridized carbons (Fsp3) is 0.231. The molecule has 90 valence electrons. The largest absolute Gasteiger partial charge is 0.465 e. The number of carbonyl (C=O) groups is 2. The molecule has 0 aliphatic heterocycles. The highest BCUT2D eigenvalue weighted by Crippen LogP contribution is 2.05. The average molecular weight is 253 g/mol. The van der Waals surface area contributed by atoms with Crippen molar-refractivity contribution in [1.82, 2.24) is 0 Å². The van der Waals surface area contributed by atoms with Gasteiger partial charge in [-0.25, -0.2) is 0 Å². The van der Waals surface area contributed by atoms with Crippen molar-refractivity contribution in [1.29, 1.82) is 0 Å². The summed E-state index contributed by atoms with van der Waals surface area (Å²) >= 11 is 5.16. The molecule has 0 atom stereocenters. The van der Waals surface area contributed by atoms with Gasteiger partial charge in [-0.05, 0) is 17.2 Å². The van der Waals surface area contributed by atoms with Crippen LogP contribution in [0.25, 0.3) is 0 Å². The summed E-state index contributed by atoms with van der Waals surface area (Å²) in [6, 6.07) is 9.67. The number of hydrogen-bond acceptors (Lipinski definition) is 3. The number of ether oxygens (including phenoxy) is 1. The summed E-state index contributed by atoms with van der Waals surface area (Å²) < 4.78 is 4.96. The van der Waals surface area contributed by atoms with Crippen LogP contribution in [-0.2, 0) is 20.7 Å². The van der Waals surface area contributed by atoms with E-state index in [1.165, 1.54) is 0 Å². The minimum absolute atomic E-state index is 0.0522. The molecule has 3 nitrogen and oxygen atoms in total. The molecule has 0 fully saturated rings. The Hall–Kier alpha value is -1.61. The third kappa shape index (κ3) is 5.31. The molecule has 0 N–H and O–H groups in total. The monoisotopic (exact) mass is 252 g/mol. The van der Waals surface area contributed by atoms with Crippen LogP contribution < -0.4 is 0 Å². The molecule has 0 saturated carbocycles. The lowest BCUT2D eigenvalue weighted by Crippen LogP contribution is -2.10. The second-order valence-electron chi connectivity index (χ2n) is 3.51. The van der Waals surface area contributed by atoms with Gasteiger partial charge < -0.3 is 4.74 Å². The van der Waals surface area contributed by atoms with E-state index in [4.69, 9.17) is 16.3 Å². The summed E-state index contributed by atoms with van der Waals surface area (Å²) in [5, 5.41) is -0.704. The van der Waals surface area contributed by atoms with Crippen LogP contribution in [0.2, 0.25) is 0 Å². The van der Waals surface area contributed by atoms with Gasteiger partial charge in [0.15, 0.2) is 0 Å². The first-order valence-corrected chi connectivity index (χ1v) is 5.54. The van der Waals surface area contributed by atoms with E-state index >= 15 is 0 Å². The molecule has 0 aliphatic rings.